The van der Waals surface area contributed by atoms with Gasteiger partial charge in [0, 0.05) is 18.5 Å². The second-order valence-electron chi connectivity index (χ2n) is 5.40. The van der Waals surface area contributed by atoms with Crippen molar-refractivity contribution < 1.29 is 13.9 Å². The van der Waals surface area contributed by atoms with E-state index in [1.165, 1.54) is 0 Å². The first-order chi connectivity index (χ1) is 9.76. The summed E-state index contributed by atoms with van der Waals surface area (Å²) in [7, 11) is 3.81. The van der Waals surface area contributed by atoms with Gasteiger partial charge in [0.15, 0.2) is 11.3 Å². The lowest BCUT2D eigenvalue weighted by Gasteiger charge is -2.28. The highest BCUT2D eigenvalue weighted by Gasteiger charge is 2.18. The Kier molecular flexibility index (Phi) is 3.94. The number of benzene rings is 1. The molecule has 2 aromatic rings. The van der Waals surface area contributed by atoms with E-state index in [2.05, 4.69) is 11.9 Å². The fourth-order valence-electron chi connectivity index (χ4n) is 2.67. The predicted octanol–water partition coefficient (Wildman–Crippen LogP) is 3.05. The maximum atomic E-state index is 5.96. The standard InChI is InChI=1S/C16H21NO3/c1-17-8-6-13(7-9-17)19-11-14-10-12-4-3-5-15(18-2)16(12)20-14/h3-5,10,13H,6-9,11H2,1-2H3. The monoisotopic (exact) mass is 275 g/mol. The van der Waals surface area contributed by atoms with Crippen LogP contribution in [-0.2, 0) is 11.3 Å². The number of para-hydroxylation sites is 1. The zero-order valence-corrected chi connectivity index (χ0v) is 12.1. The van der Waals surface area contributed by atoms with Gasteiger partial charge in [-0.3, -0.25) is 0 Å². The van der Waals surface area contributed by atoms with Crippen molar-refractivity contribution in [2.24, 2.45) is 0 Å². The Morgan fingerprint density at radius 1 is 1.30 bits per heavy atom. The minimum Gasteiger partial charge on any atom is -0.493 e. The van der Waals surface area contributed by atoms with Gasteiger partial charge in [-0.25, -0.2) is 0 Å². The zero-order valence-electron chi connectivity index (χ0n) is 12.1. The number of hydrogen-bond acceptors (Lipinski definition) is 4. The third kappa shape index (κ3) is 2.81. The van der Waals surface area contributed by atoms with Crippen molar-refractivity contribution in [2.45, 2.75) is 25.6 Å². The molecule has 0 atom stereocenters. The third-order valence-corrected chi connectivity index (χ3v) is 3.91. The van der Waals surface area contributed by atoms with Gasteiger partial charge in [-0.1, -0.05) is 12.1 Å². The fraction of sp³-hybridized carbons (Fsp3) is 0.500. The number of rotatable bonds is 4. The largest absolute Gasteiger partial charge is 0.493 e. The highest BCUT2D eigenvalue weighted by Crippen LogP contribution is 2.29. The molecular weight excluding hydrogens is 254 g/mol. The van der Waals surface area contributed by atoms with Gasteiger partial charge < -0.3 is 18.8 Å². The number of nitrogens with zero attached hydrogens (tertiary/aromatic N) is 1. The molecule has 1 saturated heterocycles. The molecule has 3 rings (SSSR count). The maximum Gasteiger partial charge on any atom is 0.176 e. The van der Waals surface area contributed by atoms with Crippen LogP contribution in [0.15, 0.2) is 28.7 Å². The Labute approximate surface area is 119 Å². The molecular formula is C16H21NO3. The second-order valence-corrected chi connectivity index (χ2v) is 5.40. The van der Waals surface area contributed by atoms with Gasteiger partial charge in [-0.2, -0.15) is 0 Å². The summed E-state index contributed by atoms with van der Waals surface area (Å²) in [4.78, 5) is 2.34. The highest BCUT2D eigenvalue weighted by atomic mass is 16.5. The molecule has 1 aliphatic rings. The van der Waals surface area contributed by atoms with E-state index in [-0.39, 0.29) is 0 Å². The average Bonchev–Trinajstić information content (AvgIpc) is 2.89. The van der Waals surface area contributed by atoms with Gasteiger partial charge in [0.05, 0.1) is 13.2 Å². The molecule has 0 saturated carbocycles. The summed E-state index contributed by atoms with van der Waals surface area (Å²) in [6, 6.07) is 7.94. The lowest BCUT2D eigenvalue weighted by Crippen LogP contribution is -2.34. The Morgan fingerprint density at radius 2 is 2.10 bits per heavy atom. The van der Waals surface area contributed by atoms with Gasteiger partial charge in [0.25, 0.3) is 0 Å². The van der Waals surface area contributed by atoms with E-state index in [0.29, 0.717) is 12.7 Å². The molecule has 0 spiro atoms. The van der Waals surface area contributed by atoms with E-state index in [0.717, 1.165) is 48.4 Å². The summed E-state index contributed by atoms with van der Waals surface area (Å²) >= 11 is 0. The molecule has 2 heterocycles. The molecule has 0 aliphatic carbocycles. The van der Waals surface area contributed by atoms with Crippen LogP contribution in [-0.4, -0.2) is 38.3 Å². The number of piperidine rings is 1. The van der Waals surface area contributed by atoms with Crippen molar-refractivity contribution in [1.82, 2.24) is 4.90 Å². The van der Waals surface area contributed by atoms with E-state index < -0.39 is 0 Å². The topological polar surface area (TPSA) is 34.8 Å². The van der Waals surface area contributed by atoms with Gasteiger partial charge in [-0.05, 0) is 32.0 Å². The first kappa shape index (κ1) is 13.5. The van der Waals surface area contributed by atoms with Crippen LogP contribution < -0.4 is 4.74 Å². The number of likely N-dealkylation sites (tertiary alicyclic amines) is 1. The second kappa shape index (κ2) is 5.85. The predicted molar refractivity (Wildman–Crippen MR) is 78.1 cm³/mol. The van der Waals surface area contributed by atoms with E-state index in [9.17, 15) is 0 Å². The van der Waals surface area contributed by atoms with Crippen LogP contribution in [0.4, 0.5) is 0 Å². The van der Waals surface area contributed by atoms with Crippen LogP contribution in [0.5, 0.6) is 5.75 Å². The molecule has 1 aromatic heterocycles. The molecule has 20 heavy (non-hydrogen) atoms. The summed E-state index contributed by atoms with van der Waals surface area (Å²) in [6.45, 7) is 2.75. The lowest BCUT2D eigenvalue weighted by molar-refractivity contribution is -0.00433. The van der Waals surface area contributed by atoms with Crippen LogP contribution >= 0.6 is 0 Å². The van der Waals surface area contributed by atoms with Crippen LogP contribution in [0.25, 0.3) is 11.0 Å². The number of ether oxygens (including phenoxy) is 2. The molecule has 0 unspecified atom stereocenters. The molecule has 0 radical (unpaired) electrons. The van der Waals surface area contributed by atoms with E-state index >= 15 is 0 Å². The molecule has 1 fully saturated rings. The Hall–Kier alpha value is -1.52. The van der Waals surface area contributed by atoms with Crippen LogP contribution in [0, 0.1) is 0 Å². The van der Waals surface area contributed by atoms with Crippen molar-refractivity contribution >= 4 is 11.0 Å². The van der Waals surface area contributed by atoms with Crippen LogP contribution in [0.2, 0.25) is 0 Å². The number of hydrogen-bond donors (Lipinski definition) is 0. The summed E-state index contributed by atoms with van der Waals surface area (Å²) in [5, 5.41) is 1.06. The number of methoxy groups -OCH3 is 1. The highest BCUT2D eigenvalue weighted by molar-refractivity contribution is 5.83. The molecule has 0 bridgehead atoms. The van der Waals surface area contributed by atoms with Gasteiger partial charge in [0.2, 0.25) is 0 Å². The van der Waals surface area contributed by atoms with Gasteiger partial charge in [0.1, 0.15) is 12.4 Å². The number of fused-ring (bicyclic) bond motifs is 1. The molecule has 4 heteroatoms. The maximum absolute atomic E-state index is 5.96. The molecule has 108 valence electrons. The Balaban J connectivity index is 1.66. The van der Waals surface area contributed by atoms with Crippen molar-refractivity contribution in [3.05, 3.63) is 30.0 Å². The molecule has 1 aliphatic heterocycles. The summed E-state index contributed by atoms with van der Waals surface area (Å²) in [5.41, 5.74) is 0.803. The van der Waals surface area contributed by atoms with Crippen molar-refractivity contribution in [2.75, 3.05) is 27.2 Å². The molecule has 1 aromatic carbocycles. The first-order valence-electron chi connectivity index (χ1n) is 7.12. The van der Waals surface area contributed by atoms with Crippen LogP contribution in [0.3, 0.4) is 0 Å². The van der Waals surface area contributed by atoms with E-state index in [4.69, 9.17) is 13.9 Å². The third-order valence-electron chi connectivity index (χ3n) is 3.91. The zero-order chi connectivity index (χ0) is 13.9. The van der Waals surface area contributed by atoms with E-state index in [1.807, 2.05) is 24.3 Å². The average molecular weight is 275 g/mol. The van der Waals surface area contributed by atoms with Crippen LogP contribution in [0.1, 0.15) is 18.6 Å². The molecule has 0 amide bonds. The minimum absolute atomic E-state index is 0.348. The normalized spacial score (nSPS) is 17.7. The van der Waals surface area contributed by atoms with Crippen molar-refractivity contribution in [3.63, 3.8) is 0 Å². The van der Waals surface area contributed by atoms with Gasteiger partial charge in [-0.15, -0.1) is 0 Å². The quantitative estimate of drug-likeness (QED) is 0.859. The Morgan fingerprint density at radius 3 is 2.85 bits per heavy atom. The SMILES string of the molecule is COc1cccc2cc(COC3CCN(C)CC3)oc12. The van der Waals surface area contributed by atoms with Crippen molar-refractivity contribution in [1.29, 1.82) is 0 Å². The summed E-state index contributed by atoms with van der Waals surface area (Å²) in [5.74, 6) is 1.64. The fourth-order valence-corrected chi connectivity index (χ4v) is 2.67. The van der Waals surface area contributed by atoms with Gasteiger partial charge >= 0.3 is 0 Å². The van der Waals surface area contributed by atoms with Crippen molar-refractivity contribution in [3.8, 4) is 5.75 Å². The summed E-state index contributed by atoms with van der Waals surface area (Å²) < 4.78 is 17.1. The first-order valence-corrected chi connectivity index (χ1v) is 7.12. The Bertz CT molecular complexity index is 570. The lowest BCUT2D eigenvalue weighted by atomic mass is 10.1. The molecule has 0 N–H and O–H groups in total. The van der Waals surface area contributed by atoms with E-state index in [1.54, 1.807) is 7.11 Å². The smallest absolute Gasteiger partial charge is 0.176 e. The minimum atomic E-state index is 0.348. The summed E-state index contributed by atoms with van der Waals surface area (Å²) in [6.07, 6.45) is 2.54. The number of furan rings is 1. The molecule has 4 nitrogen and oxygen atoms in total.